The van der Waals surface area contributed by atoms with Gasteiger partial charge in [-0.05, 0) is 42.0 Å². The predicted octanol–water partition coefficient (Wildman–Crippen LogP) is 5.43. The molecule has 0 unspecified atom stereocenters. The van der Waals surface area contributed by atoms with Crippen LogP contribution >= 0.6 is 39.1 Å². The number of hydrogen-bond acceptors (Lipinski definition) is 2. The fraction of sp³-hybridized carbons (Fsp3) is 0.200. The molecular weight excluding hydrogens is 359 g/mol. The number of hydrogen-bond donors (Lipinski definition) is 1. The highest BCUT2D eigenvalue weighted by molar-refractivity contribution is 9.10. The summed E-state index contributed by atoms with van der Waals surface area (Å²) >= 11 is 15.7. The van der Waals surface area contributed by atoms with Crippen LogP contribution in [0.25, 0.3) is 0 Å². The number of rotatable bonds is 4. The molecule has 2 rings (SSSR count). The third kappa shape index (κ3) is 3.81. The molecule has 2 nitrogen and oxygen atoms in total. The van der Waals surface area contributed by atoms with Gasteiger partial charge in [0.1, 0.15) is 0 Å². The molecule has 0 atom stereocenters. The second kappa shape index (κ2) is 6.70. The summed E-state index contributed by atoms with van der Waals surface area (Å²) in [6.45, 7) is 0.638. The molecule has 2 aromatic rings. The van der Waals surface area contributed by atoms with E-state index in [0.29, 0.717) is 11.6 Å². The maximum Gasteiger partial charge on any atom is 0.0597 e. The van der Waals surface area contributed by atoms with Crippen molar-refractivity contribution in [2.75, 3.05) is 24.3 Å². The summed E-state index contributed by atoms with van der Waals surface area (Å²) in [5.74, 6) is 0. The van der Waals surface area contributed by atoms with Crippen LogP contribution in [-0.4, -0.2) is 14.1 Å². The van der Waals surface area contributed by atoms with Gasteiger partial charge in [0.15, 0.2) is 0 Å². The van der Waals surface area contributed by atoms with Gasteiger partial charge in [0.25, 0.3) is 0 Å². The molecule has 2 aromatic carbocycles. The average molecular weight is 374 g/mol. The Bertz CT molecular complexity index is 615. The van der Waals surface area contributed by atoms with Crippen LogP contribution in [-0.2, 0) is 6.54 Å². The quantitative estimate of drug-likeness (QED) is 0.768. The molecule has 0 saturated carbocycles. The van der Waals surface area contributed by atoms with Crippen molar-refractivity contribution in [3.63, 3.8) is 0 Å². The van der Waals surface area contributed by atoms with Crippen LogP contribution in [0.5, 0.6) is 0 Å². The van der Waals surface area contributed by atoms with Gasteiger partial charge in [-0.1, -0.05) is 39.1 Å². The van der Waals surface area contributed by atoms with E-state index in [1.54, 1.807) is 0 Å². The lowest BCUT2D eigenvalue weighted by Crippen LogP contribution is -2.12. The lowest BCUT2D eigenvalue weighted by Gasteiger charge is -2.19. The number of halogens is 3. The molecule has 106 valence electrons. The molecule has 20 heavy (non-hydrogen) atoms. The smallest absolute Gasteiger partial charge is 0.0597 e. The lowest BCUT2D eigenvalue weighted by atomic mass is 10.2. The first-order valence-corrected chi connectivity index (χ1v) is 7.67. The highest BCUT2D eigenvalue weighted by Crippen LogP contribution is 2.29. The third-order valence-electron chi connectivity index (χ3n) is 2.92. The first-order valence-electron chi connectivity index (χ1n) is 6.12. The zero-order valence-electron chi connectivity index (χ0n) is 11.3. The van der Waals surface area contributed by atoms with E-state index in [4.69, 9.17) is 23.2 Å². The molecule has 1 N–H and O–H groups in total. The van der Waals surface area contributed by atoms with Crippen molar-refractivity contribution in [1.82, 2.24) is 0 Å². The molecule has 5 heteroatoms. The van der Waals surface area contributed by atoms with Crippen molar-refractivity contribution >= 4 is 50.5 Å². The summed E-state index contributed by atoms with van der Waals surface area (Å²) in [6.07, 6.45) is 0. The Kier molecular flexibility index (Phi) is 5.19. The lowest BCUT2D eigenvalue weighted by molar-refractivity contribution is 1.10. The van der Waals surface area contributed by atoms with E-state index in [1.165, 1.54) is 0 Å². The largest absolute Gasteiger partial charge is 0.379 e. The van der Waals surface area contributed by atoms with Gasteiger partial charge in [-0.25, -0.2) is 0 Å². The summed E-state index contributed by atoms with van der Waals surface area (Å²) in [4.78, 5) is 2.04. The highest BCUT2D eigenvalue weighted by Gasteiger charge is 2.07. The Morgan fingerprint density at radius 1 is 1.10 bits per heavy atom. The summed E-state index contributed by atoms with van der Waals surface area (Å²) in [5, 5.41) is 4.84. The van der Waals surface area contributed by atoms with Crippen LogP contribution in [0.15, 0.2) is 40.9 Å². The predicted molar refractivity (Wildman–Crippen MR) is 92.3 cm³/mol. The van der Waals surface area contributed by atoms with Crippen molar-refractivity contribution in [3.8, 4) is 0 Å². The number of nitrogens with zero attached hydrogens (tertiary/aromatic N) is 1. The average Bonchev–Trinajstić information content (AvgIpc) is 2.39. The Morgan fingerprint density at radius 3 is 2.55 bits per heavy atom. The maximum atomic E-state index is 6.20. The summed E-state index contributed by atoms with van der Waals surface area (Å²) in [7, 11) is 4.00. The van der Waals surface area contributed by atoms with E-state index >= 15 is 0 Å². The fourth-order valence-electron chi connectivity index (χ4n) is 1.91. The van der Waals surface area contributed by atoms with Gasteiger partial charge in [-0.15, -0.1) is 0 Å². The van der Waals surface area contributed by atoms with Crippen molar-refractivity contribution in [2.45, 2.75) is 6.54 Å². The maximum absolute atomic E-state index is 6.20. The van der Waals surface area contributed by atoms with E-state index in [0.717, 1.165) is 26.4 Å². The monoisotopic (exact) mass is 372 g/mol. The van der Waals surface area contributed by atoms with Gasteiger partial charge in [0.05, 0.1) is 11.4 Å². The molecule has 0 saturated heterocycles. The van der Waals surface area contributed by atoms with Crippen LogP contribution in [0.1, 0.15) is 5.56 Å². The van der Waals surface area contributed by atoms with E-state index in [-0.39, 0.29) is 0 Å². The molecule has 0 aliphatic heterocycles. The zero-order chi connectivity index (χ0) is 14.7. The van der Waals surface area contributed by atoms with Gasteiger partial charge in [0, 0.05) is 35.2 Å². The second-order valence-electron chi connectivity index (χ2n) is 4.65. The summed E-state index contributed by atoms with van der Waals surface area (Å²) < 4.78 is 1.01. The fourth-order valence-corrected chi connectivity index (χ4v) is 2.67. The van der Waals surface area contributed by atoms with Gasteiger partial charge < -0.3 is 10.2 Å². The van der Waals surface area contributed by atoms with Crippen molar-refractivity contribution < 1.29 is 0 Å². The number of nitrogens with one attached hydrogen (secondary N) is 1. The molecule has 0 heterocycles. The first kappa shape index (κ1) is 15.5. The standard InChI is InChI=1S/C15H15BrCl2N2/c1-20(2)15-6-4-12(17)8-14(15)19-9-10-7-11(16)3-5-13(10)18/h3-8,19H,9H2,1-2H3. The van der Waals surface area contributed by atoms with Crippen LogP contribution in [0.2, 0.25) is 10.0 Å². The number of benzene rings is 2. The molecule has 0 amide bonds. The van der Waals surface area contributed by atoms with E-state index < -0.39 is 0 Å². The summed E-state index contributed by atoms with van der Waals surface area (Å²) in [6, 6.07) is 11.6. The van der Waals surface area contributed by atoms with Gasteiger partial charge in [0.2, 0.25) is 0 Å². The molecule has 0 aliphatic rings. The highest BCUT2D eigenvalue weighted by atomic mass is 79.9. The van der Waals surface area contributed by atoms with E-state index in [9.17, 15) is 0 Å². The Balaban J connectivity index is 2.22. The second-order valence-corrected chi connectivity index (χ2v) is 6.40. The Morgan fingerprint density at radius 2 is 1.85 bits per heavy atom. The first-order chi connectivity index (χ1) is 9.47. The van der Waals surface area contributed by atoms with Crippen molar-refractivity contribution in [2.24, 2.45) is 0 Å². The van der Waals surface area contributed by atoms with Crippen molar-refractivity contribution in [1.29, 1.82) is 0 Å². The van der Waals surface area contributed by atoms with Crippen LogP contribution in [0.4, 0.5) is 11.4 Å². The van der Waals surface area contributed by atoms with Gasteiger partial charge in [-0.2, -0.15) is 0 Å². The molecule has 0 radical (unpaired) electrons. The van der Waals surface area contributed by atoms with Crippen LogP contribution < -0.4 is 10.2 Å². The van der Waals surface area contributed by atoms with E-state index in [1.807, 2.05) is 55.4 Å². The molecule has 0 spiro atoms. The topological polar surface area (TPSA) is 15.3 Å². The minimum atomic E-state index is 0.638. The molecule has 0 bridgehead atoms. The molecule has 0 aliphatic carbocycles. The number of anilines is 2. The van der Waals surface area contributed by atoms with Crippen molar-refractivity contribution in [3.05, 3.63) is 56.5 Å². The van der Waals surface area contributed by atoms with E-state index in [2.05, 4.69) is 21.2 Å². The van der Waals surface area contributed by atoms with Crippen LogP contribution in [0.3, 0.4) is 0 Å². The zero-order valence-corrected chi connectivity index (χ0v) is 14.4. The molecular formula is C15H15BrCl2N2. The normalized spacial score (nSPS) is 10.4. The Hall–Kier alpha value is -0.900. The van der Waals surface area contributed by atoms with Gasteiger partial charge >= 0.3 is 0 Å². The Labute approximate surface area is 137 Å². The van der Waals surface area contributed by atoms with Gasteiger partial charge in [-0.3, -0.25) is 0 Å². The minimum absolute atomic E-state index is 0.638. The summed E-state index contributed by atoms with van der Waals surface area (Å²) in [5.41, 5.74) is 3.10. The molecule has 0 aromatic heterocycles. The third-order valence-corrected chi connectivity index (χ3v) is 4.01. The molecule has 0 fully saturated rings. The van der Waals surface area contributed by atoms with Crippen LogP contribution in [0, 0.1) is 0 Å². The minimum Gasteiger partial charge on any atom is -0.379 e. The SMILES string of the molecule is CN(C)c1ccc(Cl)cc1NCc1cc(Br)ccc1Cl.